The van der Waals surface area contributed by atoms with Crippen LogP contribution in [0.25, 0.3) is 11.5 Å². The number of pyridine rings is 1. The molecule has 1 aliphatic heterocycles. The molecule has 1 aliphatic carbocycles. The standard InChI is InChI=1S/C18H23N5O/c1-2-7-19-16(5-1)18-21-15-6-3-4-14(15)17(22-18)20-8-9-23-10-12-24-13-11-23/h1-2,5,7H,3-4,6,8-13H2,(H,20,21,22). The Morgan fingerprint density at radius 1 is 1.12 bits per heavy atom. The molecule has 0 unspecified atom stereocenters. The van der Waals surface area contributed by atoms with Crippen molar-refractivity contribution in [2.75, 3.05) is 44.7 Å². The number of nitrogens with one attached hydrogen (secondary N) is 1. The van der Waals surface area contributed by atoms with E-state index < -0.39 is 0 Å². The third-order valence-corrected chi connectivity index (χ3v) is 4.65. The second-order valence-electron chi connectivity index (χ2n) is 6.27. The predicted molar refractivity (Wildman–Crippen MR) is 93.0 cm³/mol. The Hall–Kier alpha value is -2.05. The van der Waals surface area contributed by atoms with E-state index in [1.807, 2.05) is 18.2 Å². The van der Waals surface area contributed by atoms with Crippen LogP contribution in [0.4, 0.5) is 5.82 Å². The molecule has 2 aromatic heterocycles. The van der Waals surface area contributed by atoms with Gasteiger partial charge in [-0.1, -0.05) is 6.07 Å². The summed E-state index contributed by atoms with van der Waals surface area (Å²) in [6, 6.07) is 5.86. The molecule has 1 N–H and O–H groups in total. The molecule has 0 amide bonds. The number of aromatic nitrogens is 3. The van der Waals surface area contributed by atoms with Gasteiger partial charge in [0.15, 0.2) is 5.82 Å². The summed E-state index contributed by atoms with van der Waals surface area (Å²) < 4.78 is 5.40. The van der Waals surface area contributed by atoms with Crippen molar-refractivity contribution in [1.29, 1.82) is 0 Å². The molecule has 4 rings (SSSR count). The van der Waals surface area contributed by atoms with Gasteiger partial charge in [0.1, 0.15) is 11.5 Å². The predicted octanol–water partition coefficient (Wildman–Crippen LogP) is 1.77. The molecule has 1 fully saturated rings. The van der Waals surface area contributed by atoms with Crippen LogP contribution < -0.4 is 5.32 Å². The fourth-order valence-electron chi connectivity index (χ4n) is 3.35. The van der Waals surface area contributed by atoms with Crippen molar-refractivity contribution < 1.29 is 4.74 Å². The van der Waals surface area contributed by atoms with Crippen LogP contribution in [0.5, 0.6) is 0 Å². The van der Waals surface area contributed by atoms with Crippen LogP contribution in [0.15, 0.2) is 24.4 Å². The van der Waals surface area contributed by atoms with E-state index in [1.165, 1.54) is 11.3 Å². The normalized spacial score (nSPS) is 17.7. The van der Waals surface area contributed by atoms with Crippen LogP contribution >= 0.6 is 0 Å². The molecule has 2 aromatic rings. The van der Waals surface area contributed by atoms with Gasteiger partial charge in [-0.3, -0.25) is 9.88 Å². The molecule has 0 aromatic carbocycles. The van der Waals surface area contributed by atoms with Gasteiger partial charge in [-0.2, -0.15) is 0 Å². The monoisotopic (exact) mass is 325 g/mol. The van der Waals surface area contributed by atoms with Gasteiger partial charge in [0.2, 0.25) is 0 Å². The summed E-state index contributed by atoms with van der Waals surface area (Å²) in [5.74, 6) is 1.72. The third kappa shape index (κ3) is 3.39. The first kappa shape index (κ1) is 15.5. The average Bonchev–Trinajstić information content (AvgIpc) is 3.12. The molecular formula is C18H23N5O. The Balaban J connectivity index is 1.50. The van der Waals surface area contributed by atoms with E-state index in [1.54, 1.807) is 6.20 Å². The van der Waals surface area contributed by atoms with Crippen molar-refractivity contribution in [1.82, 2.24) is 19.9 Å². The number of hydrogen-bond acceptors (Lipinski definition) is 6. The maximum Gasteiger partial charge on any atom is 0.180 e. The summed E-state index contributed by atoms with van der Waals surface area (Å²) in [7, 11) is 0. The van der Waals surface area contributed by atoms with Gasteiger partial charge in [0.05, 0.1) is 13.2 Å². The van der Waals surface area contributed by atoms with Gasteiger partial charge in [0.25, 0.3) is 0 Å². The summed E-state index contributed by atoms with van der Waals surface area (Å²) in [4.78, 5) is 16.3. The molecule has 24 heavy (non-hydrogen) atoms. The zero-order chi connectivity index (χ0) is 16.2. The minimum atomic E-state index is 0.727. The van der Waals surface area contributed by atoms with Gasteiger partial charge in [-0.05, 0) is 31.4 Å². The van der Waals surface area contributed by atoms with Crippen molar-refractivity contribution in [2.24, 2.45) is 0 Å². The highest BCUT2D eigenvalue weighted by molar-refractivity contribution is 5.57. The average molecular weight is 325 g/mol. The molecule has 0 radical (unpaired) electrons. The van der Waals surface area contributed by atoms with E-state index in [0.29, 0.717) is 0 Å². The fourth-order valence-corrected chi connectivity index (χ4v) is 3.35. The lowest BCUT2D eigenvalue weighted by atomic mass is 10.2. The summed E-state index contributed by atoms with van der Waals surface area (Å²) in [6.45, 7) is 5.62. The molecule has 6 nitrogen and oxygen atoms in total. The van der Waals surface area contributed by atoms with Gasteiger partial charge < -0.3 is 10.1 Å². The van der Waals surface area contributed by atoms with E-state index in [2.05, 4.69) is 15.2 Å². The molecule has 0 saturated carbocycles. The van der Waals surface area contributed by atoms with Crippen LogP contribution in [0.2, 0.25) is 0 Å². The number of nitrogens with zero attached hydrogens (tertiary/aromatic N) is 4. The van der Waals surface area contributed by atoms with E-state index in [-0.39, 0.29) is 0 Å². The Labute approximate surface area is 142 Å². The second kappa shape index (κ2) is 7.23. The fraction of sp³-hybridized carbons (Fsp3) is 0.500. The van der Waals surface area contributed by atoms with Crippen molar-refractivity contribution in [3.8, 4) is 11.5 Å². The van der Waals surface area contributed by atoms with Crippen LogP contribution in [0.3, 0.4) is 0 Å². The number of anilines is 1. The summed E-state index contributed by atoms with van der Waals surface area (Å²) in [5.41, 5.74) is 3.31. The highest BCUT2D eigenvalue weighted by Crippen LogP contribution is 2.28. The van der Waals surface area contributed by atoms with Crippen LogP contribution in [-0.4, -0.2) is 59.2 Å². The Bertz CT molecular complexity index is 685. The maximum atomic E-state index is 5.40. The summed E-state index contributed by atoms with van der Waals surface area (Å²) >= 11 is 0. The molecule has 6 heteroatoms. The van der Waals surface area contributed by atoms with Crippen molar-refractivity contribution in [3.63, 3.8) is 0 Å². The zero-order valence-corrected chi connectivity index (χ0v) is 13.9. The van der Waals surface area contributed by atoms with Crippen molar-refractivity contribution in [3.05, 3.63) is 35.7 Å². The molecule has 126 valence electrons. The molecule has 0 bridgehead atoms. The van der Waals surface area contributed by atoms with E-state index in [9.17, 15) is 0 Å². The SMILES string of the molecule is c1ccc(-c2nc3c(c(NCCN4CCOCC4)n2)CCC3)nc1. The maximum absolute atomic E-state index is 5.40. The number of rotatable bonds is 5. The highest BCUT2D eigenvalue weighted by atomic mass is 16.5. The first-order chi connectivity index (χ1) is 11.9. The number of morpholine rings is 1. The lowest BCUT2D eigenvalue weighted by molar-refractivity contribution is 0.0398. The minimum absolute atomic E-state index is 0.727. The lowest BCUT2D eigenvalue weighted by Crippen LogP contribution is -2.39. The molecular weight excluding hydrogens is 302 g/mol. The molecule has 1 saturated heterocycles. The number of fused-ring (bicyclic) bond motifs is 1. The third-order valence-electron chi connectivity index (χ3n) is 4.65. The largest absolute Gasteiger partial charge is 0.379 e. The van der Waals surface area contributed by atoms with E-state index >= 15 is 0 Å². The van der Waals surface area contributed by atoms with Crippen LogP contribution in [-0.2, 0) is 17.6 Å². The summed E-state index contributed by atoms with van der Waals surface area (Å²) in [6.07, 6.45) is 5.05. The molecule has 0 spiro atoms. The first-order valence-electron chi connectivity index (χ1n) is 8.75. The molecule has 3 heterocycles. The van der Waals surface area contributed by atoms with Gasteiger partial charge in [-0.15, -0.1) is 0 Å². The number of ether oxygens (including phenoxy) is 1. The lowest BCUT2D eigenvalue weighted by Gasteiger charge is -2.26. The zero-order valence-electron chi connectivity index (χ0n) is 13.9. The highest BCUT2D eigenvalue weighted by Gasteiger charge is 2.20. The van der Waals surface area contributed by atoms with Gasteiger partial charge in [0, 0.05) is 43.6 Å². The van der Waals surface area contributed by atoms with Crippen LogP contribution in [0, 0.1) is 0 Å². The Morgan fingerprint density at radius 3 is 2.88 bits per heavy atom. The van der Waals surface area contributed by atoms with Crippen molar-refractivity contribution in [2.45, 2.75) is 19.3 Å². The Morgan fingerprint density at radius 2 is 2.04 bits per heavy atom. The minimum Gasteiger partial charge on any atom is -0.379 e. The van der Waals surface area contributed by atoms with E-state index in [4.69, 9.17) is 14.7 Å². The Kier molecular flexibility index (Phi) is 4.66. The number of hydrogen-bond donors (Lipinski definition) is 1. The smallest absolute Gasteiger partial charge is 0.180 e. The van der Waals surface area contributed by atoms with Gasteiger partial charge >= 0.3 is 0 Å². The summed E-state index contributed by atoms with van der Waals surface area (Å²) in [5, 5.41) is 3.54. The molecule has 0 atom stereocenters. The van der Waals surface area contributed by atoms with Gasteiger partial charge in [-0.25, -0.2) is 9.97 Å². The van der Waals surface area contributed by atoms with Crippen molar-refractivity contribution >= 4 is 5.82 Å². The number of aryl methyl sites for hydroxylation is 1. The topological polar surface area (TPSA) is 63.2 Å². The van der Waals surface area contributed by atoms with Crippen LogP contribution in [0.1, 0.15) is 17.7 Å². The quantitative estimate of drug-likeness (QED) is 0.904. The molecule has 2 aliphatic rings. The second-order valence-corrected chi connectivity index (χ2v) is 6.27. The van der Waals surface area contributed by atoms with E-state index in [0.717, 1.165) is 76.0 Å². The first-order valence-corrected chi connectivity index (χ1v) is 8.75.